The monoisotopic (exact) mass is 248 g/mol. The average Bonchev–Trinajstić information content (AvgIpc) is 2.88. The van der Waals surface area contributed by atoms with Crippen LogP contribution in [0.15, 0.2) is 24.3 Å². The van der Waals surface area contributed by atoms with Gasteiger partial charge in [0.2, 0.25) is 0 Å². The molecule has 0 radical (unpaired) electrons. The average molecular weight is 248 g/mol. The summed E-state index contributed by atoms with van der Waals surface area (Å²) in [6.07, 6.45) is 1.01. The van der Waals surface area contributed by atoms with Gasteiger partial charge in [0, 0.05) is 18.7 Å². The maximum atomic E-state index is 12.2. The normalized spacial score (nSPS) is 19.0. The molecule has 1 fully saturated rings. The fourth-order valence-corrected chi connectivity index (χ4v) is 2.25. The number of ether oxygens (including phenoxy) is 1. The van der Waals surface area contributed by atoms with Crippen LogP contribution >= 0.6 is 0 Å². The van der Waals surface area contributed by atoms with Gasteiger partial charge in [-0.1, -0.05) is 0 Å². The molecule has 1 heterocycles. The first-order valence-corrected chi connectivity index (χ1v) is 6.46. The molecule has 1 aromatic carbocycles. The minimum atomic E-state index is 0.0917. The van der Waals surface area contributed by atoms with Crippen LogP contribution in [0.5, 0.6) is 5.75 Å². The van der Waals surface area contributed by atoms with Crippen molar-refractivity contribution >= 4 is 5.91 Å². The SMILES string of the molecule is CCOc1ccc(C(=O)N2CCC(CN)C2)cc1. The lowest BCUT2D eigenvalue weighted by molar-refractivity contribution is 0.0787. The van der Waals surface area contributed by atoms with Gasteiger partial charge in [-0.3, -0.25) is 4.79 Å². The topological polar surface area (TPSA) is 55.6 Å². The van der Waals surface area contributed by atoms with Gasteiger partial charge in [-0.2, -0.15) is 0 Å². The van der Waals surface area contributed by atoms with Gasteiger partial charge in [0.25, 0.3) is 5.91 Å². The van der Waals surface area contributed by atoms with Crippen LogP contribution in [0.1, 0.15) is 23.7 Å². The highest BCUT2D eigenvalue weighted by molar-refractivity contribution is 5.94. The quantitative estimate of drug-likeness (QED) is 0.878. The lowest BCUT2D eigenvalue weighted by Crippen LogP contribution is -2.29. The van der Waals surface area contributed by atoms with E-state index >= 15 is 0 Å². The Bertz CT molecular complexity index is 403. The second kappa shape index (κ2) is 5.87. The van der Waals surface area contributed by atoms with Crippen LogP contribution in [-0.2, 0) is 0 Å². The van der Waals surface area contributed by atoms with E-state index in [0.717, 1.165) is 30.8 Å². The van der Waals surface area contributed by atoms with Crippen molar-refractivity contribution < 1.29 is 9.53 Å². The molecule has 18 heavy (non-hydrogen) atoms. The van der Waals surface area contributed by atoms with E-state index < -0.39 is 0 Å². The van der Waals surface area contributed by atoms with Gasteiger partial charge in [0.05, 0.1) is 6.61 Å². The highest BCUT2D eigenvalue weighted by Gasteiger charge is 2.25. The Balaban J connectivity index is 2.00. The predicted octanol–water partition coefficient (Wildman–Crippen LogP) is 1.51. The third-order valence-electron chi connectivity index (χ3n) is 3.32. The van der Waals surface area contributed by atoms with Crippen molar-refractivity contribution in [2.24, 2.45) is 11.7 Å². The summed E-state index contributed by atoms with van der Waals surface area (Å²) in [5.41, 5.74) is 6.35. The second-order valence-electron chi connectivity index (χ2n) is 4.60. The lowest BCUT2D eigenvalue weighted by Gasteiger charge is -2.16. The number of nitrogens with two attached hydrogens (primary N) is 1. The third kappa shape index (κ3) is 2.82. The van der Waals surface area contributed by atoms with Crippen molar-refractivity contribution in [1.29, 1.82) is 0 Å². The molecule has 1 atom stereocenters. The van der Waals surface area contributed by atoms with Gasteiger partial charge in [0.1, 0.15) is 5.75 Å². The fraction of sp³-hybridized carbons (Fsp3) is 0.500. The van der Waals surface area contributed by atoms with E-state index in [1.54, 1.807) is 0 Å². The Morgan fingerprint density at radius 2 is 2.17 bits per heavy atom. The minimum Gasteiger partial charge on any atom is -0.494 e. The second-order valence-corrected chi connectivity index (χ2v) is 4.60. The van der Waals surface area contributed by atoms with Crippen molar-refractivity contribution in [3.63, 3.8) is 0 Å². The molecule has 4 nitrogen and oxygen atoms in total. The molecule has 2 rings (SSSR count). The Morgan fingerprint density at radius 1 is 1.44 bits per heavy atom. The molecular formula is C14H20N2O2. The zero-order chi connectivity index (χ0) is 13.0. The molecule has 1 aromatic rings. The summed E-state index contributed by atoms with van der Waals surface area (Å²) in [5.74, 6) is 1.35. The van der Waals surface area contributed by atoms with Crippen molar-refractivity contribution in [3.05, 3.63) is 29.8 Å². The lowest BCUT2D eigenvalue weighted by atomic mass is 10.1. The summed E-state index contributed by atoms with van der Waals surface area (Å²) in [4.78, 5) is 14.1. The summed E-state index contributed by atoms with van der Waals surface area (Å²) < 4.78 is 5.36. The molecule has 0 spiro atoms. The molecule has 0 aliphatic carbocycles. The fourth-order valence-electron chi connectivity index (χ4n) is 2.25. The van der Waals surface area contributed by atoms with E-state index in [2.05, 4.69) is 0 Å². The molecule has 1 aliphatic rings. The number of benzene rings is 1. The van der Waals surface area contributed by atoms with Crippen molar-refractivity contribution in [3.8, 4) is 5.75 Å². The number of likely N-dealkylation sites (tertiary alicyclic amines) is 1. The van der Waals surface area contributed by atoms with Crippen LogP contribution in [0, 0.1) is 5.92 Å². The molecular weight excluding hydrogens is 228 g/mol. The maximum absolute atomic E-state index is 12.2. The van der Waals surface area contributed by atoms with Gasteiger partial charge in [-0.25, -0.2) is 0 Å². The highest BCUT2D eigenvalue weighted by atomic mass is 16.5. The number of rotatable bonds is 4. The molecule has 0 aromatic heterocycles. The largest absolute Gasteiger partial charge is 0.494 e. The van der Waals surface area contributed by atoms with Crippen LogP contribution in [0.2, 0.25) is 0 Å². The molecule has 1 saturated heterocycles. The van der Waals surface area contributed by atoms with Gasteiger partial charge >= 0.3 is 0 Å². The first kappa shape index (κ1) is 12.9. The van der Waals surface area contributed by atoms with Gasteiger partial charge < -0.3 is 15.4 Å². The summed E-state index contributed by atoms with van der Waals surface area (Å²) >= 11 is 0. The maximum Gasteiger partial charge on any atom is 0.253 e. The molecule has 0 saturated carbocycles. The molecule has 1 amide bonds. The van der Waals surface area contributed by atoms with E-state index in [1.807, 2.05) is 36.1 Å². The number of carbonyl (C=O) groups excluding carboxylic acids is 1. The molecule has 98 valence electrons. The van der Waals surface area contributed by atoms with E-state index in [0.29, 0.717) is 19.1 Å². The van der Waals surface area contributed by atoms with Crippen LogP contribution in [-0.4, -0.2) is 37.0 Å². The van der Waals surface area contributed by atoms with Crippen molar-refractivity contribution in [2.45, 2.75) is 13.3 Å². The molecule has 2 N–H and O–H groups in total. The van der Waals surface area contributed by atoms with Crippen LogP contribution in [0.3, 0.4) is 0 Å². The van der Waals surface area contributed by atoms with Crippen LogP contribution in [0.4, 0.5) is 0 Å². The Hall–Kier alpha value is -1.55. The predicted molar refractivity (Wildman–Crippen MR) is 70.7 cm³/mol. The first-order valence-electron chi connectivity index (χ1n) is 6.46. The molecule has 1 aliphatic heterocycles. The van der Waals surface area contributed by atoms with Gasteiger partial charge in [-0.05, 0) is 50.1 Å². The summed E-state index contributed by atoms with van der Waals surface area (Å²) in [7, 11) is 0. The van der Waals surface area contributed by atoms with E-state index in [9.17, 15) is 4.79 Å². The number of hydrogen-bond acceptors (Lipinski definition) is 3. The number of nitrogens with zero attached hydrogens (tertiary/aromatic N) is 1. The summed E-state index contributed by atoms with van der Waals surface area (Å²) in [6, 6.07) is 7.33. The Kier molecular flexibility index (Phi) is 4.20. The Morgan fingerprint density at radius 3 is 2.72 bits per heavy atom. The number of hydrogen-bond donors (Lipinski definition) is 1. The van der Waals surface area contributed by atoms with Crippen molar-refractivity contribution in [1.82, 2.24) is 4.90 Å². The molecule has 4 heteroatoms. The summed E-state index contributed by atoms with van der Waals surface area (Å²) in [5, 5.41) is 0. The number of carbonyl (C=O) groups is 1. The van der Waals surface area contributed by atoms with E-state index in [4.69, 9.17) is 10.5 Å². The van der Waals surface area contributed by atoms with Gasteiger partial charge in [-0.15, -0.1) is 0 Å². The summed E-state index contributed by atoms with van der Waals surface area (Å²) in [6.45, 7) is 4.83. The first-order chi connectivity index (χ1) is 8.74. The smallest absolute Gasteiger partial charge is 0.253 e. The minimum absolute atomic E-state index is 0.0917. The van der Waals surface area contributed by atoms with Crippen LogP contribution < -0.4 is 10.5 Å². The van der Waals surface area contributed by atoms with Gasteiger partial charge in [0.15, 0.2) is 0 Å². The van der Waals surface area contributed by atoms with Crippen LogP contribution in [0.25, 0.3) is 0 Å². The van der Waals surface area contributed by atoms with Crippen molar-refractivity contribution in [2.75, 3.05) is 26.2 Å². The standard InChI is InChI=1S/C14H20N2O2/c1-2-18-13-5-3-12(4-6-13)14(17)16-8-7-11(9-15)10-16/h3-6,11H,2,7-10,15H2,1H3. The van der Waals surface area contributed by atoms with E-state index in [1.165, 1.54) is 0 Å². The Labute approximate surface area is 108 Å². The highest BCUT2D eigenvalue weighted by Crippen LogP contribution is 2.19. The third-order valence-corrected chi connectivity index (χ3v) is 3.32. The zero-order valence-electron chi connectivity index (χ0n) is 10.8. The van der Waals surface area contributed by atoms with E-state index in [-0.39, 0.29) is 5.91 Å². The zero-order valence-corrected chi connectivity index (χ0v) is 10.8. The molecule has 1 unspecified atom stereocenters. The molecule has 0 bridgehead atoms. The number of amides is 1.